The number of aromatic nitrogens is 2. The lowest BCUT2D eigenvalue weighted by molar-refractivity contribution is -0.138. The predicted molar refractivity (Wildman–Crippen MR) is 76.7 cm³/mol. The van der Waals surface area contributed by atoms with Gasteiger partial charge in [0.2, 0.25) is 0 Å². The Balaban J connectivity index is 2.16. The second kappa shape index (κ2) is 6.73. The average molecular weight is 342 g/mol. The number of carboxylic acids is 1. The minimum atomic E-state index is -4.49. The number of carbonyl (C=O) groups is 1. The summed E-state index contributed by atoms with van der Waals surface area (Å²) < 4.78 is 43.1. The molecule has 0 saturated carbocycles. The van der Waals surface area contributed by atoms with E-state index in [-0.39, 0.29) is 29.4 Å². The van der Waals surface area contributed by atoms with Crippen molar-refractivity contribution in [3.05, 3.63) is 57.3 Å². The molecule has 0 aliphatic carbocycles. The van der Waals surface area contributed by atoms with Crippen LogP contribution in [0.4, 0.5) is 13.2 Å². The van der Waals surface area contributed by atoms with E-state index in [4.69, 9.17) is 9.84 Å². The molecule has 0 spiro atoms. The third kappa shape index (κ3) is 4.34. The number of nitrogens with zero attached hydrogens (tertiary/aromatic N) is 1. The molecule has 128 valence electrons. The number of aliphatic carboxylic acids is 1. The van der Waals surface area contributed by atoms with Gasteiger partial charge in [0.15, 0.2) is 0 Å². The van der Waals surface area contributed by atoms with Crippen molar-refractivity contribution in [1.29, 1.82) is 0 Å². The van der Waals surface area contributed by atoms with Crippen LogP contribution in [0.2, 0.25) is 0 Å². The number of alkyl halides is 3. The van der Waals surface area contributed by atoms with Crippen LogP contribution in [0.3, 0.4) is 0 Å². The zero-order valence-corrected chi connectivity index (χ0v) is 12.5. The van der Waals surface area contributed by atoms with Crippen molar-refractivity contribution in [2.75, 3.05) is 0 Å². The topological polar surface area (TPSA) is 92.3 Å². The molecule has 0 amide bonds. The summed E-state index contributed by atoms with van der Waals surface area (Å²) in [7, 11) is 0. The minimum absolute atomic E-state index is 0.0188. The number of hydrogen-bond donors (Lipinski definition) is 2. The van der Waals surface area contributed by atoms with E-state index in [0.29, 0.717) is 0 Å². The van der Waals surface area contributed by atoms with Gasteiger partial charge < -0.3 is 14.8 Å². The van der Waals surface area contributed by atoms with Gasteiger partial charge in [-0.3, -0.25) is 9.59 Å². The molecule has 0 radical (unpaired) electrons. The summed E-state index contributed by atoms with van der Waals surface area (Å²) in [6.07, 6.45) is -4.95. The molecule has 0 saturated heterocycles. The summed E-state index contributed by atoms with van der Waals surface area (Å²) >= 11 is 0. The lowest BCUT2D eigenvalue weighted by Gasteiger charge is -2.10. The SMILES string of the molecule is Cc1nc(COc2cccc(C(F)(F)F)c2)[nH]c(=O)c1CC(=O)O. The van der Waals surface area contributed by atoms with Crippen LogP contribution in [0.25, 0.3) is 0 Å². The first-order valence-corrected chi connectivity index (χ1v) is 6.77. The predicted octanol–water partition coefficient (Wildman–Crippen LogP) is 2.30. The van der Waals surface area contributed by atoms with Gasteiger partial charge in [-0.05, 0) is 25.1 Å². The van der Waals surface area contributed by atoms with Gasteiger partial charge in [0.1, 0.15) is 18.2 Å². The molecule has 0 unspecified atom stereocenters. The maximum absolute atomic E-state index is 12.6. The van der Waals surface area contributed by atoms with Crippen molar-refractivity contribution >= 4 is 5.97 Å². The first kappa shape index (κ1) is 17.5. The maximum atomic E-state index is 12.6. The van der Waals surface area contributed by atoms with Gasteiger partial charge in [0.25, 0.3) is 5.56 Å². The molecule has 0 fully saturated rings. The zero-order valence-electron chi connectivity index (χ0n) is 12.5. The average Bonchev–Trinajstić information content (AvgIpc) is 2.48. The van der Waals surface area contributed by atoms with Crippen LogP contribution in [-0.4, -0.2) is 21.0 Å². The Bertz CT molecular complexity index is 815. The van der Waals surface area contributed by atoms with Crippen LogP contribution in [-0.2, 0) is 24.0 Å². The number of H-pyrrole nitrogens is 1. The Labute approximate surface area is 133 Å². The van der Waals surface area contributed by atoms with Gasteiger partial charge in [-0.1, -0.05) is 6.07 Å². The summed E-state index contributed by atoms with van der Waals surface area (Å²) in [5, 5.41) is 8.73. The van der Waals surface area contributed by atoms with Crippen molar-refractivity contribution in [3.63, 3.8) is 0 Å². The molecule has 0 bridgehead atoms. The monoisotopic (exact) mass is 342 g/mol. The summed E-state index contributed by atoms with van der Waals surface area (Å²) in [6.45, 7) is 1.21. The first-order valence-electron chi connectivity index (χ1n) is 6.77. The standard InChI is InChI=1S/C15H13F3N2O4/c1-8-11(6-13(21)22)14(23)20-12(19-8)7-24-10-4-2-3-9(5-10)15(16,17)18/h2-5H,6-7H2,1H3,(H,21,22)(H,19,20,23). The van der Waals surface area contributed by atoms with Crippen molar-refractivity contribution < 1.29 is 27.8 Å². The number of aryl methyl sites for hydroxylation is 1. The van der Waals surface area contributed by atoms with Gasteiger partial charge in [-0.25, -0.2) is 4.98 Å². The molecule has 0 aliphatic rings. The fraction of sp³-hybridized carbons (Fsp3) is 0.267. The van der Waals surface area contributed by atoms with Crippen LogP contribution in [0, 0.1) is 6.92 Å². The minimum Gasteiger partial charge on any atom is -0.486 e. The number of carboxylic acid groups (broad SMARTS) is 1. The third-order valence-corrected chi connectivity index (χ3v) is 3.14. The molecule has 2 rings (SSSR count). The van der Waals surface area contributed by atoms with Crippen LogP contribution in [0.5, 0.6) is 5.75 Å². The highest BCUT2D eigenvalue weighted by Gasteiger charge is 2.30. The second-order valence-corrected chi connectivity index (χ2v) is 4.96. The Morgan fingerprint density at radius 2 is 2.08 bits per heavy atom. The van der Waals surface area contributed by atoms with Crippen LogP contribution in [0.1, 0.15) is 22.6 Å². The lowest BCUT2D eigenvalue weighted by atomic mass is 10.2. The number of nitrogens with one attached hydrogen (secondary N) is 1. The highest BCUT2D eigenvalue weighted by atomic mass is 19.4. The van der Waals surface area contributed by atoms with Gasteiger partial charge in [-0.2, -0.15) is 13.2 Å². The number of hydrogen-bond acceptors (Lipinski definition) is 4. The van der Waals surface area contributed by atoms with E-state index in [1.165, 1.54) is 19.1 Å². The molecule has 2 N–H and O–H groups in total. The van der Waals surface area contributed by atoms with Crippen molar-refractivity contribution in [1.82, 2.24) is 9.97 Å². The Morgan fingerprint density at radius 1 is 1.38 bits per heavy atom. The Hall–Kier alpha value is -2.84. The summed E-state index contributed by atoms with van der Waals surface area (Å²) in [5.41, 5.74) is -1.23. The molecular weight excluding hydrogens is 329 g/mol. The largest absolute Gasteiger partial charge is 0.486 e. The molecule has 0 atom stereocenters. The van der Waals surface area contributed by atoms with Crippen LogP contribution in [0.15, 0.2) is 29.1 Å². The Morgan fingerprint density at radius 3 is 2.67 bits per heavy atom. The summed E-state index contributed by atoms with van der Waals surface area (Å²) in [5.74, 6) is -1.11. The normalized spacial score (nSPS) is 11.3. The molecule has 1 heterocycles. The van der Waals surface area contributed by atoms with E-state index in [9.17, 15) is 22.8 Å². The number of benzene rings is 1. The molecule has 2 aromatic rings. The smallest absolute Gasteiger partial charge is 0.416 e. The Kier molecular flexibility index (Phi) is 4.91. The molecular formula is C15H13F3N2O4. The van der Waals surface area contributed by atoms with E-state index >= 15 is 0 Å². The molecule has 9 heteroatoms. The van der Waals surface area contributed by atoms with Crippen LogP contribution < -0.4 is 10.3 Å². The number of halogens is 3. The van der Waals surface area contributed by atoms with E-state index in [0.717, 1.165) is 12.1 Å². The van der Waals surface area contributed by atoms with E-state index in [2.05, 4.69) is 9.97 Å². The number of aromatic amines is 1. The summed E-state index contributed by atoms with van der Waals surface area (Å²) in [6, 6.07) is 4.30. The quantitative estimate of drug-likeness (QED) is 0.870. The number of rotatable bonds is 5. The molecule has 1 aromatic heterocycles. The van der Waals surface area contributed by atoms with Crippen molar-refractivity contribution in [2.24, 2.45) is 0 Å². The molecule has 6 nitrogen and oxygen atoms in total. The van der Waals surface area contributed by atoms with Gasteiger partial charge >= 0.3 is 12.1 Å². The van der Waals surface area contributed by atoms with Gasteiger partial charge in [0.05, 0.1) is 12.0 Å². The molecule has 24 heavy (non-hydrogen) atoms. The highest BCUT2D eigenvalue weighted by molar-refractivity contribution is 5.70. The van der Waals surface area contributed by atoms with Crippen LogP contribution >= 0.6 is 0 Å². The number of ether oxygens (including phenoxy) is 1. The fourth-order valence-electron chi connectivity index (χ4n) is 2.01. The highest BCUT2D eigenvalue weighted by Crippen LogP contribution is 2.31. The van der Waals surface area contributed by atoms with Crippen molar-refractivity contribution in [2.45, 2.75) is 26.1 Å². The summed E-state index contributed by atoms with van der Waals surface area (Å²) in [4.78, 5) is 28.9. The maximum Gasteiger partial charge on any atom is 0.416 e. The fourth-order valence-corrected chi connectivity index (χ4v) is 2.01. The van der Waals surface area contributed by atoms with Gasteiger partial charge in [-0.15, -0.1) is 0 Å². The molecule has 1 aromatic carbocycles. The second-order valence-electron chi connectivity index (χ2n) is 4.96. The van der Waals surface area contributed by atoms with Crippen molar-refractivity contribution in [3.8, 4) is 5.75 Å². The first-order chi connectivity index (χ1) is 11.2. The molecule has 0 aliphatic heterocycles. The zero-order chi connectivity index (χ0) is 17.9. The lowest BCUT2D eigenvalue weighted by Crippen LogP contribution is -2.22. The van der Waals surface area contributed by atoms with E-state index in [1.807, 2.05) is 0 Å². The van der Waals surface area contributed by atoms with E-state index < -0.39 is 29.7 Å². The van der Waals surface area contributed by atoms with Gasteiger partial charge in [0, 0.05) is 11.3 Å². The van der Waals surface area contributed by atoms with E-state index in [1.54, 1.807) is 0 Å². The third-order valence-electron chi connectivity index (χ3n) is 3.14.